The number of nitrogens with zero attached hydrogens (tertiary/aromatic N) is 1. The Morgan fingerprint density at radius 1 is 1.10 bits per heavy atom. The molecule has 0 aliphatic heterocycles. The average Bonchev–Trinajstić information content (AvgIpc) is 2.45. The molecule has 0 fully saturated rings. The monoisotopic (exact) mass is 337 g/mol. The summed E-state index contributed by atoms with van der Waals surface area (Å²) in [5, 5.41) is 8.22. The maximum Gasteiger partial charge on any atom is 0.239 e. The third-order valence-corrected chi connectivity index (χ3v) is 2.28. The number of halogens is 2. The van der Waals surface area contributed by atoms with E-state index in [4.69, 9.17) is 5.73 Å². The lowest BCUT2D eigenvalue weighted by atomic mass is 10.4. The lowest BCUT2D eigenvalue weighted by molar-refractivity contribution is -0.125. The second kappa shape index (κ2) is 13.4. The summed E-state index contributed by atoms with van der Waals surface area (Å²) < 4.78 is 0. The molecule has 0 aromatic carbocycles. The number of amides is 2. The first-order valence-electron chi connectivity index (χ1n) is 6.10. The summed E-state index contributed by atoms with van der Waals surface area (Å²) in [4.78, 5) is 26.2. The Hall–Kier alpha value is -1.57. The Morgan fingerprint density at radius 2 is 1.86 bits per heavy atom. The van der Waals surface area contributed by atoms with Crippen LogP contribution in [0.5, 0.6) is 0 Å². The zero-order chi connectivity index (χ0) is 13.9. The highest BCUT2D eigenvalue weighted by molar-refractivity contribution is 5.86. The topological polar surface area (TPSA) is 109 Å². The van der Waals surface area contributed by atoms with Crippen molar-refractivity contribution in [3.8, 4) is 0 Å². The highest BCUT2D eigenvalue weighted by Crippen LogP contribution is 1.98. The van der Waals surface area contributed by atoms with Crippen molar-refractivity contribution in [3.63, 3.8) is 0 Å². The quantitative estimate of drug-likeness (QED) is 0.496. The van der Waals surface area contributed by atoms with Gasteiger partial charge in [-0.3, -0.25) is 9.59 Å². The van der Waals surface area contributed by atoms with E-state index in [1.807, 2.05) is 18.2 Å². The molecule has 9 heteroatoms. The summed E-state index contributed by atoms with van der Waals surface area (Å²) in [5.41, 5.74) is 5.10. The first-order valence-corrected chi connectivity index (χ1v) is 6.10. The summed E-state index contributed by atoms with van der Waals surface area (Å²) in [6, 6.07) is 5.62. The molecule has 5 N–H and O–H groups in total. The molecule has 0 aliphatic carbocycles. The van der Waals surface area contributed by atoms with Crippen LogP contribution in [0.1, 0.15) is 6.42 Å². The fourth-order valence-electron chi connectivity index (χ4n) is 1.31. The molecule has 0 saturated heterocycles. The number of carbonyl (C=O) groups excluding carboxylic acids is 2. The maximum absolute atomic E-state index is 11.3. The number of hydrogen-bond donors (Lipinski definition) is 4. The molecule has 0 unspecified atom stereocenters. The van der Waals surface area contributed by atoms with Crippen LogP contribution in [0.25, 0.3) is 0 Å². The zero-order valence-corrected chi connectivity index (χ0v) is 13.1. The van der Waals surface area contributed by atoms with Crippen LogP contribution in [0.4, 0.5) is 5.82 Å². The largest absolute Gasteiger partial charge is 0.370 e. The van der Waals surface area contributed by atoms with E-state index >= 15 is 0 Å². The Balaban J connectivity index is 0. The number of aromatic nitrogens is 1. The van der Waals surface area contributed by atoms with Gasteiger partial charge in [0.15, 0.2) is 0 Å². The number of nitrogens with two attached hydrogens (primary N) is 1. The van der Waals surface area contributed by atoms with Crippen molar-refractivity contribution in [1.29, 1.82) is 0 Å². The number of hydrogen-bond acceptors (Lipinski definition) is 5. The van der Waals surface area contributed by atoms with Crippen LogP contribution in [0.15, 0.2) is 24.4 Å². The van der Waals surface area contributed by atoms with Crippen molar-refractivity contribution in [2.24, 2.45) is 5.73 Å². The van der Waals surface area contributed by atoms with E-state index < -0.39 is 0 Å². The van der Waals surface area contributed by atoms with Crippen molar-refractivity contribution in [1.82, 2.24) is 15.6 Å². The minimum Gasteiger partial charge on any atom is -0.370 e. The molecule has 1 aromatic heterocycles. The summed E-state index contributed by atoms with van der Waals surface area (Å²) in [7, 11) is 0. The Morgan fingerprint density at radius 3 is 2.48 bits per heavy atom. The molecule has 0 aliphatic rings. The van der Waals surface area contributed by atoms with E-state index in [0.29, 0.717) is 13.1 Å². The molecule has 0 radical (unpaired) electrons. The normalized spacial score (nSPS) is 8.81. The number of pyridine rings is 1. The molecule has 1 aromatic rings. The standard InChI is InChI=1S/C12H19N5O2.2ClH/c13-8-11(18)17-9-12(19)16-7-3-6-15-10-4-1-2-5-14-10;;/h1-2,4-5H,3,6-9,13H2,(H,14,15)(H,16,19)(H,17,18);2*1H. The van der Waals surface area contributed by atoms with Gasteiger partial charge in [-0.25, -0.2) is 4.98 Å². The van der Waals surface area contributed by atoms with Gasteiger partial charge >= 0.3 is 0 Å². The number of anilines is 1. The summed E-state index contributed by atoms with van der Waals surface area (Å²) in [6.07, 6.45) is 2.48. The third kappa shape index (κ3) is 10.8. The van der Waals surface area contributed by atoms with Gasteiger partial charge < -0.3 is 21.7 Å². The molecular weight excluding hydrogens is 317 g/mol. The van der Waals surface area contributed by atoms with Crippen molar-refractivity contribution < 1.29 is 9.59 Å². The van der Waals surface area contributed by atoms with Crippen molar-refractivity contribution in [2.45, 2.75) is 6.42 Å². The molecule has 0 bridgehead atoms. The minimum absolute atomic E-state index is 0. The summed E-state index contributed by atoms with van der Waals surface area (Å²) in [6.45, 7) is 1.11. The fourth-order valence-corrected chi connectivity index (χ4v) is 1.31. The Labute approximate surface area is 136 Å². The number of carbonyl (C=O) groups is 2. The van der Waals surface area contributed by atoms with Gasteiger partial charge in [0.25, 0.3) is 0 Å². The van der Waals surface area contributed by atoms with Crippen LogP contribution in [-0.4, -0.2) is 43.0 Å². The first kappa shape index (κ1) is 21.7. The van der Waals surface area contributed by atoms with E-state index in [2.05, 4.69) is 20.9 Å². The van der Waals surface area contributed by atoms with Crippen LogP contribution < -0.4 is 21.7 Å². The van der Waals surface area contributed by atoms with Crippen LogP contribution in [0.2, 0.25) is 0 Å². The molecule has 1 rings (SSSR count). The predicted molar refractivity (Wildman–Crippen MR) is 86.9 cm³/mol. The second-order valence-electron chi connectivity index (χ2n) is 3.83. The summed E-state index contributed by atoms with van der Waals surface area (Å²) in [5.74, 6) is 0.246. The summed E-state index contributed by atoms with van der Waals surface area (Å²) >= 11 is 0. The Kier molecular flexibility index (Phi) is 13.9. The van der Waals surface area contributed by atoms with Gasteiger partial charge in [-0.1, -0.05) is 6.07 Å². The third-order valence-electron chi connectivity index (χ3n) is 2.28. The predicted octanol–water partition coefficient (Wildman–Crippen LogP) is -0.0817. The molecule has 0 saturated carbocycles. The smallest absolute Gasteiger partial charge is 0.239 e. The molecular formula is C12H21Cl2N5O2. The van der Waals surface area contributed by atoms with Crippen molar-refractivity contribution in [2.75, 3.05) is 31.5 Å². The molecule has 120 valence electrons. The van der Waals surface area contributed by atoms with Crippen molar-refractivity contribution >= 4 is 42.4 Å². The molecule has 0 atom stereocenters. The van der Waals surface area contributed by atoms with Gasteiger partial charge in [-0.2, -0.15) is 0 Å². The van der Waals surface area contributed by atoms with E-state index in [1.54, 1.807) is 6.20 Å². The average molecular weight is 338 g/mol. The van der Waals surface area contributed by atoms with Crippen LogP contribution in [-0.2, 0) is 9.59 Å². The highest BCUT2D eigenvalue weighted by atomic mass is 35.5. The molecule has 7 nitrogen and oxygen atoms in total. The van der Waals surface area contributed by atoms with Gasteiger partial charge in [0.05, 0.1) is 13.1 Å². The second-order valence-corrected chi connectivity index (χ2v) is 3.83. The molecule has 21 heavy (non-hydrogen) atoms. The lowest BCUT2D eigenvalue weighted by Gasteiger charge is -2.07. The van der Waals surface area contributed by atoms with E-state index in [9.17, 15) is 9.59 Å². The number of rotatable bonds is 8. The van der Waals surface area contributed by atoms with Gasteiger partial charge in [0, 0.05) is 19.3 Å². The molecule has 2 amide bonds. The highest BCUT2D eigenvalue weighted by Gasteiger charge is 2.02. The zero-order valence-electron chi connectivity index (χ0n) is 11.5. The molecule has 1 heterocycles. The van der Waals surface area contributed by atoms with E-state index in [1.165, 1.54) is 0 Å². The SMILES string of the molecule is Cl.Cl.NCC(=O)NCC(=O)NCCCNc1ccccn1. The fraction of sp³-hybridized carbons (Fsp3) is 0.417. The van der Waals surface area contributed by atoms with Gasteiger partial charge in [0.2, 0.25) is 11.8 Å². The van der Waals surface area contributed by atoms with Crippen LogP contribution in [0, 0.1) is 0 Å². The Bertz CT molecular complexity index is 406. The first-order chi connectivity index (χ1) is 9.22. The van der Waals surface area contributed by atoms with Gasteiger partial charge in [-0.05, 0) is 18.6 Å². The maximum atomic E-state index is 11.3. The van der Waals surface area contributed by atoms with E-state index in [0.717, 1.165) is 12.2 Å². The van der Waals surface area contributed by atoms with E-state index in [-0.39, 0.29) is 49.7 Å². The molecule has 0 spiro atoms. The number of nitrogens with one attached hydrogen (secondary N) is 3. The minimum atomic E-state index is -0.341. The van der Waals surface area contributed by atoms with Crippen LogP contribution in [0.3, 0.4) is 0 Å². The van der Waals surface area contributed by atoms with Crippen LogP contribution >= 0.6 is 24.8 Å². The van der Waals surface area contributed by atoms with Gasteiger partial charge in [0.1, 0.15) is 5.82 Å². The van der Waals surface area contributed by atoms with Gasteiger partial charge in [-0.15, -0.1) is 24.8 Å². The van der Waals surface area contributed by atoms with Crippen molar-refractivity contribution in [3.05, 3.63) is 24.4 Å². The lowest BCUT2D eigenvalue weighted by Crippen LogP contribution is -2.39.